The first-order valence-electron chi connectivity index (χ1n) is 8.19. The van der Waals surface area contributed by atoms with Crippen LogP contribution < -0.4 is 14.4 Å². The normalized spacial score (nSPS) is 10.3. The van der Waals surface area contributed by atoms with Crippen molar-refractivity contribution in [2.24, 2.45) is 0 Å². The maximum atomic E-state index is 11.1. The van der Waals surface area contributed by atoms with Gasteiger partial charge in [0.25, 0.3) is 0 Å². The fourth-order valence-corrected chi connectivity index (χ4v) is 2.58. The lowest BCUT2D eigenvalue weighted by Gasteiger charge is -2.25. The van der Waals surface area contributed by atoms with Crippen molar-refractivity contribution in [2.75, 3.05) is 25.7 Å². The van der Waals surface area contributed by atoms with Crippen LogP contribution >= 0.6 is 0 Å². The molecule has 2 aromatic carbocycles. The Balaban J connectivity index is 2.16. The summed E-state index contributed by atoms with van der Waals surface area (Å²) in [4.78, 5) is 13.4. The van der Waals surface area contributed by atoms with E-state index in [4.69, 9.17) is 9.47 Å². The lowest BCUT2D eigenvalue weighted by atomic mass is 10.1. The van der Waals surface area contributed by atoms with Crippen LogP contribution in [0.25, 0.3) is 0 Å². The largest absolute Gasteiger partial charge is 0.497 e. The highest BCUT2D eigenvalue weighted by Crippen LogP contribution is 2.29. The van der Waals surface area contributed by atoms with Crippen LogP contribution in [0.1, 0.15) is 26.2 Å². The number of hydrogen-bond donors (Lipinski definition) is 0. The van der Waals surface area contributed by atoms with Crippen LogP contribution in [0, 0.1) is 0 Å². The zero-order valence-corrected chi connectivity index (χ0v) is 14.6. The molecule has 4 heteroatoms. The van der Waals surface area contributed by atoms with Gasteiger partial charge in [0.2, 0.25) is 0 Å². The summed E-state index contributed by atoms with van der Waals surface area (Å²) < 4.78 is 10.5. The van der Waals surface area contributed by atoms with Gasteiger partial charge in [-0.25, -0.2) is 0 Å². The van der Waals surface area contributed by atoms with Crippen LogP contribution in [0.4, 0.5) is 11.4 Å². The average Bonchev–Trinajstić information content (AvgIpc) is 2.62. The van der Waals surface area contributed by atoms with E-state index in [1.54, 1.807) is 21.1 Å². The van der Waals surface area contributed by atoms with Crippen molar-refractivity contribution in [3.05, 3.63) is 48.5 Å². The molecule has 0 spiro atoms. The van der Waals surface area contributed by atoms with Gasteiger partial charge in [0, 0.05) is 24.3 Å². The Hall–Kier alpha value is -2.49. The van der Waals surface area contributed by atoms with E-state index in [0.29, 0.717) is 6.42 Å². The van der Waals surface area contributed by atoms with Gasteiger partial charge in [-0.3, -0.25) is 0 Å². The Bertz CT molecular complexity index is 587. The summed E-state index contributed by atoms with van der Waals surface area (Å²) in [5, 5.41) is 0. The van der Waals surface area contributed by atoms with E-state index < -0.39 is 0 Å². The zero-order valence-electron chi connectivity index (χ0n) is 14.6. The molecule has 0 amide bonds. The van der Waals surface area contributed by atoms with Crippen molar-refractivity contribution in [3.8, 4) is 11.5 Å². The van der Waals surface area contributed by atoms with Gasteiger partial charge in [-0.1, -0.05) is 0 Å². The van der Waals surface area contributed by atoms with E-state index in [1.165, 1.54) is 0 Å². The summed E-state index contributed by atoms with van der Waals surface area (Å²) >= 11 is 0. The molecule has 0 aliphatic carbocycles. The van der Waals surface area contributed by atoms with Gasteiger partial charge in [0.1, 0.15) is 17.3 Å². The van der Waals surface area contributed by atoms with Crippen molar-refractivity contribution in [1.29, 1.82) is 0 Å². The lowest BCUT2D eigenvalue weighted by molar-refractivity contribution is -0.117. The van der Waals surface area contributed by atoms with Gasteiger partial charge < -0.3 is 19.2 Å². The standard InChI is InChI=1S/C20H25NO3/c1-16(22)6-4-5-15-21(17-7-11-19(23-2)12-8-17)18-9-13-20(24-3)14-10-18/h7-14H,4-6,15H2,1-3H3. The molecular formula is C20H25NO3. The molecule has 0 aromatic heterocycles. The summed E-state index contributed by atoms with van der Waals surface area (Å²) in [6.07, 6.45) is 2.49. The fourth-order valence-electron chi connectivity index (χ4n) is 2.58. The number of Topliss-reactive ketones (excluding diaryl/α,β-unsaturated/α-hetero) is 1. The number of ketones is 1. The molecule has 0 aliphatic rings. The Morgan fingerprint density at radius 3 is 1.67 bits per heavy atom. The van der Waals surface area contributed by atoms with Gasteiger partial charge in [-0.05, 0) is 68.3 Å². The minimum atomic E-state index is 0.246. The molecule has 0 heterocycles. The highest BCUT2D eigenvalue weighted by atomic mass is 16.5. The lowest BCUT2D eigenvalue weighted by Crippen LogP contribution is -2.18. The van der Waals surface area contributed by atoms with Crippen molar-refractivity contribution in [3.63, 3.8) is 0 Å². The minimum absolute atomic E-state index is 0.246. The van der Waals surface area contributed by atoms with E-state index in [2.05, 4.69) is 4.90 Å². The number of hydrogen-bond acceptors (Lipinski definition) is 4. The SMILES string of the molecule is COc1ccc(N(CCCCC(C)=O)c2ccc(OC)cc2)cc1. The molecule has 0 fully saturated rings. The van der Waals surface area contributed by atoms with Crippen molar-refractivity contribution >= 4 is 17.2 Å². The molecule has 0 radical (unpaired) electrons. The molecular weight excluding hydrogens is 302 g/mol. The fraction of sp³-hybridized carbons (Fsp3) is 0.350. The maximum Gasteiger partial charge on any atom is 0.129 e. The van der Waals surface area contributed by atoms with E-state index in [1.807, 2.05) is 48.5 Å². The molecule has 0 saturated carbocycles. The summed E-state index contributed by atoms with van der Waals surface area (Å²) in [5.41, 5.74) is 2.20. The van der Waals surface area contributed by atoms with E-state index in [0.717, 1.165) is 42.3 Å². The van der Waals surface area contributed by atoms with Crippen LogP contribution in [0.2, 0.25) is 0 Å². The first-order valence-corrected chi connectivity index (χ1v) is 8.19. The number of nitrogens with zero attached hydrogens (tertiary/aromatic N) is 1. The molecule has 128 valence electrons. The molecule has 0 aliphatic heterocycles. The zero-order chi connectivity index (χ0) is 17.4. The van der Waals surface area contributed by atoms with Gasteiger partial charge in [-0.2, -0.15) is 0 Å². The predicted molar refractivity (Wildman–Crippen MR) is 97.5 cm³/mol. The number of methoxy groups -OCH3 is 2. The molecule has 2 aromatic rings. The second-order valence-electron chi connectivity index (χ2n) is 5.71. The van der Waals surface area contributed by atoms with Crippen LogP contribution in [-0.4, -0.2) is 26.5 Å². The maximum absolute atomic E-state index is 11.1. The van der Waals surface area contributed by atoms with E-state index in [9.17, 15) is 4.79 Å². The monoisotopic (exact) mass is 327 g/mol. The average molecular weight is 327 g/mol. The topological polar surface area (TPSA) is 38.8 Å². The highest BCUT2D eigenvalue weighted by molar-refractivity contribution is 5.75. The predicted octanol–water partition coefficient (Wildman–Crippen LogP) is 4.60. The number of carbonyl (C=O) groups excluding carboxylic acids is 1. The second-order valence-corrected chi connectivity index (χ2v) is 5.71. The number of rotatable bonds is 9. The van der Waals surface area contributed by atoms with Crippen LogP contribution in [0.5, 0.6) is 11.5 Å². The summed E-state index contributed by atoms with van der Waals surface area (Å²) in [5.74, 6) is 1.92. The molecule has 0 bridgehead atoms. The second kappa shape index (κ2) is 8.96. The van der Waals surface area contributed by atoms with E-state index in [-0.39, 0.29) is 5.78 Å². The third kappa shape index (κ3) is 5.01. The molecule has 0 N–H and O–H groups in total. The Kier molecular flexibility index (Phi) is 6.67. The summed E-state index contributed by atoms with van der Waals surface area (Å²) in [6.45, 7) is 2.50. The van der Waals surface area contributed by atoms with Crippen molar-refractivity contribution in [2.45, 2.75) is 26.2 Å². The molecule has 0 unspecified atom stereocenters. The molecule has 4 nitrogen and oxygen atoms in total. The molecule has 0 saturated heterocycles. The summed E-state index contributed by atoms with van der Waals surface area (Å²) in [6, 6.07) is 16.0. The Labute approximate surface area is 144 Å². The smallest absolute Gasteiger partial charge is 0.129 e. The number of carbonyl (C=O) groups is 1. The third-order valence-electron chi connectivity index (χ3n) is 3.93. The van der Waals surface area contributed by atoms with Crippen molar-refractivity contribution in [1.82, 2.24) is 0 Å². The van der Waals surface area contributed by atoms with Crippen LogP contribution in [0.3, 0.4) is 0 Å². The number of benzene rings is 2. The molecule has 24 heavy (non-hydrogen) atoms. The van der Waals surface area contributed by atoms with Gasteiger partial charge in [-0.15, -0.1) is 0 Å². The van der Waals surface area contributed by atoms with Gasteiger partial charge in [0.15, 0.2) is 0 Å². The van der Waals surface area contributed by atoms with Gasteiger partial charge in [0.05, 0.1) is 14.2 Å². The number of ether oxygens (including phenoxy) is 2. The summed E-state index contributed by atoms with van der Waals surface area (Å²) in [7, 11) is 3.33. The first kappa shape index (κ1) is 17.9. The van der Waals surface area contributed by atoms with Crippen molar-refractivity contribution < 1.29 is 14.3 Å². The van der Waals surface area contributed by atoms with Crippen LogP contribution in [0.15, 0.2) is 48.5 Å². The molecule has 2 rings (SSSR count). The highest BCUT2D eigenvalue weighted by Gasteiger charge is 2.10. The minimum Gasteiger partial charge on any atom is -0.497 e. The number of anilines is 2. The van der Waals surface area contributed by atoms with Gasteiger partial charge >= 0.3 is 0 Å². The van der Waals surface area contributed by atoms with Crippen LogP contribution in [-0.2, 0) is 4.79 Å². The third-order valence-corrected chi connectivity index (χ3v) is 3.93. The quantitative estimate of drug-likeness (QED) is 0.631. The molecule has 0 atom stereocenters. The van der Waals surface area contributed by atoms with E-state index >= 15 is 0 Å². The number of unbranched alkanes of at least 4 members (excludes halogenated alkanes) is 1. The Morgan fingerprint density at radius 1 is 0.833 bits per heavy atom. The Morgan fingerprint density at radius 2 is 1.29 bits per heavy atom. The first-order chi connectivity index (χ1) is 11.6.